The third-order valence-electron chi connectivity index (χ3n) is 3.20. The predicted octanol–water partition coefficient (Wildman–Crippen LogP) is 1.82. The van der Waals surface area contributed by atoms with Crippen molar-refractivity contribution in [3.05, 3.63) is 41.6 Å². The Kier molecular flexibility index (Phi) is 2.76. The lowest BCUT2D eigenvalue weighted by Gasteiger charge is -2.32. The number of fused-ring (bicyclic) bond motifs is 1. The van der Waals surface area contributed by atoms with Crippen molar-refractivity contribution < 1.29 is 9.52 Å². The fourth-order valence-electron chi connectivity index (χ4n) is 2.34. The van der Waals surface area contributed by atoms with Crippen LogP contribution in [-0.4, -0.2) is 21.8 Å². The summed E-state index contributed by atoms with van der Waals surface area (Å²) in [7, 11) is 0. The first-order chi connectivity index (χ1) is 8.74. The number of nitrogens with zero attached hydrogens (tertiary/aromatic N) is 3. The minimum absolute atomic E-state index is 0.373. The van der Waals surface area contributed by atoms with Crippen LogP contribution in [0.2, 0.25) is 0 Å². The maximum absolute atomic E-state index is 9.97. The summed E-state index contributed by atoms with van der Waals surface area (Å²) in [6.07, 6.45) is 0.353. The lowest BCUT2D eigenvalue weighted by atomic mass is 9.99. The van der Waals surface area contributed by atoms with Gasteiger partial charge < -0.3 is 14.4 Å². The summed E-state index contributed by atoms with van der Waals surface area (Å²) in [6.45, 7) is 3.16. The van der Waals surface area contributed by atoms with Crippen LogP contribution in [-0.2, 0) is 6.54 Å². The zero-order chi connectivity index (χ0) is 12.5. The molecule has 3 rings (SSSR count). The van der Waals surface area contributed by atoms with E-state index in [1.807, 2.05) is 24.3 Å². The van der Waals surface area contributed by atoms with E-state index in [9.17, 15) is 5.11 Å². The smallest absolute Gasteiger partial charge is 0.235 e. The summed E-state index contributed by atoms with van der Waals surface area (Å²) in [6, 6.07) is 7.90. The van der Waals surface area contributed by atoms with Gasteiger partial charge in [-0.25, -0.2) is 0 Å². The van der Waals surface area contributed by atoms with Crippen molar-refractivity contribution in [2.75, 3.05) is 11.4 Å². The molecular formula is C13H15N3O2. The summed E-state index contributed by atoms with van der Waals surface area (Å²) in [4.78, 5) is 2.16. The zero-order valence-corrected chi connectivity index (χ0v) is 10.2. The van der Waals surface area contributed by atoms with Gasteiger partial charge >= 0.3 is 0 Å². The van der Waals surface area contributed by atoms with Gasteiger partial charge in [0.2, 0.25) is 11.8 Å². The third kappa shape index (κ3) is 1.97. The molecule has 5 nitrogen and oxygen atoms in total. The highest BCUT2D eigenvalue weighted by atomic mass is 16.4. The molecule has 0 saturated heterocycles. The van der Waals surface area contributed by atoms with E-state index >= 15 is 0 Å². The summed E-state index contributed by atoms with van der Waals surface area (Å²) in [5, 5.41) is 17.8. The Bertz CT molecular complexity index is 553. The monoisotopic (exact) mass is 245 g/mol. The molecular weight excluding hydrogens is 230 g/mol. The summed E-state index contributed by atoms with van der Waals surface area (Å²) in [5.74, 6) is 1.19. The first-order valence-electron chi connectivity index (χ1n) is 6.05. The van der Waals surface area contributed by atoms with Crippen LogP contribution in [0.25, 0.3) is 0 Å². The highest BCUT2D eigenvalue weighted by Gasteiger charge is 2.24. The third-order valence-corrected chi connectivity index (χ3v) is 3.20. The molecule has 1 aromatic heterocycles. The van der Waals surface area contributed by atoms with Crippen molar-refractivity contribution in [1.82, 2.24) is 10.2 Å². The Balaban J connectivity index is 1.88. The van der Waals surface area contributed by atoms with Gasteiger partial charge in [-0.3, -0.25) is 0 Å². The average molecular weight is 245 g/mol. The van der Waals surface area contributed by atoms with E-state index in [1.54, 1.807) is 6.92 Å². The molecule has 1 aliphatic rings. The maximum atomic E-state index is 9.97. The Hall–Kier alpha value is -1.88. The summed E-state index contributed by atoms with van der Waals surface area (Å²) < 4.78 is 5.40. The first-order valence-corrected chi connectivity index (χ1v) is 6.05. The number of aliphatic hydroxyl groups excluding tert-OH is 1. The number of hydrogen-bond donors (Lipinski definition) is 1. The number of aliphatic hydroxyl groups is 1. The lowest BCUT2D eigenvalue weighted by molar-refractivity contribution is 0.163. The van der Waals surface area contributed by atoms with Gasteiger partial charge in [0.1, 0.15) is 0 Å². The van der Waals surface area contributed by atoms with Crippen molar-refractivity contribution in [3.8, 4) is 0 Å². The van der Waals surface area contributed by atoms with E-state index in [0.717, 1.165) is 24.2 Å². The molecule has 1 atom stereocenters. The molecule has 0 spiro atoms. The van der Waals surface area contributed by atoms with Gasteiger partial charge in [0, 0.05) is 24.7 Å². The number of para-hydroxylation sites is 1. The molecule has 1 unspecified atom stereocenters. The van der Waals surface area contributed by atoms with Gasteiger partial charge in [-0.15, -0.1) is 10.2 Å². The molecule has 0 aliphatic carbocycles. The minimum Gasteiger partial charge on any atom is -0.424 e. The van der Waals surface area contributed by atoms with Gasteiger partial charge in [-0.1, -0.05) is 18.2 Å². The highest BCUT2D eigenvalue weighted by Crippen LogP contribution is 2.33. The van der Waals surface area contributed by atoms with Crippen LogP contribution in [0.5, 0.6) is 0 Å². The quantitative estimate of drug-likeness (QED) is 0.874. The minimum atomic E-state index is -0.373. The molecule has 0 radical (unpaired) electrons. The highest BCUT2D eigenvalue weighted by molar-refractivity contribution is 5.56. The Morgan fingerprint density at radius 2 is 2.22 bits per heavy atom. The van der Waals surface area contributed by atoms with E-state index < -0.39 is 0 Å². The molecule has 18 heavy (non-hydrogen) atoms. The fraction of sp³-hybridized carbons (Fsp3) is 0.385. The summed E-state index contributed by atoms with van der Waals surface area (Å²) in [5.41, 5.74) is 2.02. The van der Waals surface area contributed by atoms with Crippen LogP contribution in [0, 0.1) is 6.92 Å². The molecule has 5 heteroatoms. The second kappa shape index (κ2) is 4.42. The Morgan fingerprint density at radius 3 is 3.00 bits per heavy atom. The van der Waals surface area contributed by atoms with Crippen LogP contribution in [0.15, 0.2) is 28.7 Å². The molecule has 1 aromatic carbocycles. The number of benzene rings is 1. The Labute approximate surface area is 105 Å². The van der Waals surface area contributed by atoms with Crippen molar-refractivity contribution in [2.24, 2.45) is 0 Å². The molecule has 1 aliphatic heterocycles. The first kappa shape index (κ1) is 11.2. The fourth-order valence-corrected chi connectivity index (χ4v) is 2.34. The number of aryl methyl sites for hydroxylation is 1. The number of anilines is 1. The van der Waals surface area contributed by atoms with Crippen molar-refractivity contribution in [1.29, 1.82) is 0 Å². The normalized spacial score (nSPS) is 18.8. The molecule has 0 saturated carbocycles. The topological polar surface area (TPSA) is 62.4 Å². The zero-order valence-electron chi connectivity index (χ0n) is 10.2. The van der Waals surface area contributed by atoms with E-state index in [2.05, 4.69) is 15.1 Å². The van der Waals surface area contributed by atoms with Gasteiger partial charge in [0.05, 0.1) is 12.6 Å². The largest absolute Gasteiger partial charge is 0.424 e. The SMILES string of the molecule is Cc1nnc(CN2CCC(O)c3ccccc32)o1. The summed E-state index contributed by atoms with van der Waals surface area (Å²) >= 11 is 0. The predicted molar refractivity (Wildman–Crippen MR) is 66.1 cm³/mol. The maximum Gasteiger partial charge on any atom is 0.235 e. The Morgan fingerprint density at radius 1 is 1.39 bits per heavy atom. The molecule has 0 fully saturated rings. The molecule has 2 heterocycles. The average Bonchev–Trinajstić information content (AvgIpc) is 2.79. The molecule has 1 N–H and O–H groups in total. The number of hydrogen-bond acceptors (Lipinski definition) is 5. The van der Waals surface area contributed by atoms with Gasteiger partial charge in [-0.2, -0.15) is 0 Å². The van der Waals surface area contributed by atoms with E-state index in [1.165, 1.54) is 0 Å². The van der Waals surface area contributed by atoms with E-state index in [4.69, 9.17) is 4.42 Å². The second-order valence-electron chi connectivity index (χ2n) is 4.50. The van der Waals surface area contributed by atoms with Crippen LogP contribution < -0.4 is 4.90 Å². The van der Waals surface area contributed by atoms with Crippen LogP contribution in [0.1, 0.15) is 29.9 Å². The van der Waals surface area contributed by atoms with Crippen molar-refractivity contribution in [3.63, 3.8) is 0 Å². The molecule has 94 valence electrons. The molecule has 2 aromatic rings. The van der Waals surface area contributed by atoms with Crippen molar-refractivity contribution >= 4 is 5.69 Å². The van der Waals surface area contributed by atoms with Crippen LogP contribution in [0.4, 0.5) is 5.69 Å². The molecule has 0 amide bonds. The van der Waals surface area contributed by atoms with Gasteiger partial charge in [-0.05, 0) is 12.5 Å². The van der Waals surface area contributed by atoms with E-state index in [0.29, 0.717) is 18.3 Å². The van der Waals surface area contributed by atoms with Gasteiger partial charge in [0.25, 0.3) is 0 Å². The number of aromatic nitrogens is 2. The van der Waals surface area contributed by atoms with Crippen LogP contribution >= 0.6 is 0 Å². The van der Waals surface area contributed by atoms with Crippen molar-refractivity contribution in [2.45, 2.75) is 26.0 Å². The lowest BCUT2D eigenvalue weighted by Crippen LogP contribution is -2.30. The standard InChI is InChI=1S/C13H15N3O2/c1-9-14-15-13(18-9)8-16-7-6-12(17)10-4-2-3-5-11(10)16/h2-5,12,17H,6-8H2,1H3. The van der Waals surface area contributed by atoms with Gasteiger partial charge in [0.15, 0.2) is 0 Å². The van der Waals surface area contributed by atoms with E-state index in [-0.39, 0.29) is 6.10 Å². The second-order valence-corrected chi connectivity index (χ2v) is 4.50. The molecule has 0 bridgehead atoms. The number of rotatable bonds is 2. The van der Waals surface area contributed by atoms with Crippen LogP contribution in [0.3, 0.4) is 0 Å².